The number of carbonyl (C=O) groups is 1. The van der Waals surface area contributed by atoms with E-state index in [1.165, 1.54) is 6.07 Å². The molecule has 0 saturated carbocycles. The SMILES string of the molecule is Cc1cc(=O)[nH]c([C@H]2CN(C(=O)Cc3ccsc3)CCO2)n1. The smallest absolute Gasteiger partial charge is 0.251 e. The number of carbonyl (C=O) groups excluding carboxylic acids is 1. The molecule has 1 aliphatic heterocycles. The molecule has 3 rings (SSSR count). The van der Waals surface area contributed by atoms with Gasteiger partial charge in [-0.1, -0.05) is 0 Å². The summed E-state index contributed by atoms with van der Waals surface area (Å²) in [5, 5.41) is 3.95. The zero-order chi connectivity index (χ0) is 15.5. The summed E-state index contributed by atoms with van der Waals surface area (Å²) in [4.78, 5) is 32.7. The minimum atomic E-state index is -0.382. The second-order valence-electron chi connectivity index (χ2n) is 5.28. The molecular weight excluding hydrogens is 302 g/mol. The lowest BCUT2D eigenvalue weighted by Crippen LogP contribution is -2.43. The van der Waals surface area contributed by atoms with E-state index in [4.69, 9.17) is 4.74 Å². The summed E-state index contributed by atoms with van der Waals surface area (Å²) < 4.78 is 5.67. The molecule has 2 aromatic rings. The van der Waals surface area contributed by atoms with Crippen LogP contribution in [0.1, 0.15) is 23.2 Å². The Bertz CT molecular complexity index is 711. The number of aromatic amines is 1. The molecule has 1 atom stereocenters. The molecule has 7 heteroatoms. The van der Waals surface area contributed by atoms with Crippen molar-refractivity contribution in [3.63, 3.8) is 0 Å². The van der Waals surface area contributed by atoms with Gasteiger partial charge in [-0.2, -0.15) is 11.3 Å². The fraction of sp³-hybridized carbons (Fsp3) is 0.400. The first-order chi connectivity index (χ1) is 10.6. The third kappa shape index (κ3) is 3.42. The Morgan fingerprint density at radius 3 is 3.18 bits per heavy atom. The van der Waals surface area contributed by atoms with Gasteiger partial charge in [0.15, 0.2) is 0 Å². The molecule has 1 amide bonds. The summed E-state index contributed by atoms with van der Waals surface area (Å²) in [6, 6.07) is 3.39. The summed E-state index contributed by atoms with van der Waals surface area (Å²) in [5.74, 6) is 0.555. The Hall–Kier alpha value is -1.99. The minimum Gasteiger partial charge on any atom is -0.367 e. The van der Waals surface area contributed by atoms with E-state index in [0.717, 1.165) is 5.56 Å². The molecular formula is C15H17N3O3S. The van der Waals surface area contributed by atoms with Gasteiger partial charge < -0.3 is 14.6 Å². The number of rotatable bonds is 3. The highest BCUT2D eigenvalue weighted by Crippen LogP contribution is 2.19. The van der Waals surface area contributed by atoms with Crippen molar-refractivity contribution >= 4 is 17.2 Å². The summed E-state index contributed by atoms with van der Waals surface area (Å²) >= 11 is 1.58. The molecule has 0 spiro atoms. The Morgan fingerprint density at radius 1 is 1.59 bits per heavy atom. The molecule has 6 nitrogen and oxygen atoms in total. The fourth-order valence-corrected chi connectivity index (χ4v) is 3.14. The number of thiophene rings is 1. The molecule has 0 aromatic carbocycles. The van der Waals surface area contributed by atoms with Crippen LogP contribution in [0.25, 0.3) is 0 Å². The fourth-order valence-electron chi connectivity index (χ4n) is 2.48. The first-order valence-corrected chi connectivity index (χ1v) is 8.04. The van der Waals surface area contributed by atoms with Crippen LogP contribution in [-0.4, -0.2) is 40.5 Å². The van der Waals surface area contributed by atoms with Crippen LogP contribution in [0, 0.1) is 6.92 Å². The van der Waals surface area contributed by atoms with E-state index in [1.54, 1.807) is 23.2 Å². The molecule has 1 aliphatic rings. The van der Waals surface area contributed by atoms with Crippen LogP contribution in [0.3, 0.4) is 0 Å². The first kappa shape index (κ1) is 14.9. The highest BCUT2D eigenvalue weighted by Gasteiger charge is 2.27. The average Bonchev–Trinajstić information content (AvgIpc) is 2.99. The highest BCUT2D eigenvalue weighted by atomic mass is 32.1. The summed E-state index contributed by atoms with van der Waals surface area (Å²) in [6.45, 7) is 3.18. The van der Waals surface area contributed by atoms with Gasteiger partial charge in [-0.15, -0.1) is 0 Å². The maximum atomic E-state index is 12.4. The number of aryl methyl sites for hydroxylation is 1. The van der Waals surface area contributed by atoms with Gasteiger partial charge in [0.1, 0.15) is 11.9 Å². The number of aromatic nitrogens is 2. The Balaban J connectivity index is 1.71. The lowest BCUT2D eigenvalue weighted by molar-refractivity contribution is -0.138. The second kappa shape index (κ2) is 6.41. The Morgan fingerprint density at radius 2 is 2.45 bits per heavy atom. The van der Waals surface area contributed by atoms with Crippen molar-refractivity contribution in [1.29, 1.82) is 0 Å². The van der Waals surface area contributed by atoms with Crippen LogP contribution in [0.5, 0.6) is 0 Å². The van der Waals surface area contributed by atoms with Crippen molar-refractivity contribution in [1.82, 2.24) is 14.9 Å². The number of ether oxygens (including phenoxy) is 1. The molecule has 0 unspecified atom stereocenters. The lowest BCUT2D eigenvalue weighted by atomic mass is 10.2. The number of morpholine rings is 1. The number of nitrogens with zero attached hydrogens (tertiary/aromatic N) is 2. The molecule has 0 aliphatic carbocycles. The van der Waals surface area contributed by atoms with E-state index in [0.29, 0.717) is 37.6 Å². The summed E-state index contributed by atoms with van der Waals surface area (Å²) in [7, 11) is 0. The zero-order valence-electron chi connectivity index (χ0n) is 12.2. The van der Waals surface area contributed by atoms with Crippen molar-refractivity contribution in [3.8, 4) is 0 Å². The minimum absolute atomic E-state index is 0.0710. The van der Waals surface area contributed by atoms with Crippen molar-refractivity contribution in [2.75, 3.05) is 19.7 Å². The van der Waals surface area contributed by atoms with Gasteiger partial charge in [-0.05, 0) is 29.3 Å². The van der Waals surface area contributed by atoms with Crippen molar-refractivity contribution in [2.24, 2.45) is 0 Å². The zero-order valence-corrected chi connectivity index (χ0v) is 13.1. The largest absolute Gasteiger partial charge is 0.367 e. The second-order valence-corrected chi connectivity index (χ2v) is 6.06. The normalized spacial score (nSPS) is 18.4. The Labute approximate surface area is 131 Å². The topological polar surface area (TPSA) is 75.3 Å². The average molecular weight is 319 g/mol. The van der Waals surface area contributed by atoms with Crippen LogP contribution >= 0.6 is 11.3 Å². The molecule has 116 valence electrons. The molecule has 1 saturated heterocycles. The Kier molecular flexibility index (Phi) is 4.35. The lowest BCUT2D eigenvalue weighted by Gasteiger charge is -2.32. The van der Waals surface area contributed by atoms with E-state index in [9.17, 15) is 9.59 Å². The van der Waals surface area contributed by atoms with Crippen molar-refractivity contribution in [2.45, 2.75) is 19.4 Å². The van der Waals surface area contributed by atoms with Crippen LogP contribution in [0.4, 0.5) is 0 Å². The predicted octanol–water partition coefficient (Wildman–Crippen LogP) is 1.28. The quantitative estimate of drug-likeness (QED) is 0.925. The van der Waals surface area contributed by atoms with E-state index in [-0.39, 0.29) is 17.6 Å². The number of amides is 1. The van der Waals surface area contributed by atoms with Gasteiger partial charge in [-0.25, -0.2) is 4.98 Å². The highest BCUT2D eigenvalue weighted by molar-refractivity contribution is 7.07. The van der Waals surface area contributed by atoms with Crippen molar-refractivity contribution < 1.29 is 9.53 Å². The third-order valence-corrected chi connectivity index (χ3v) is 4.28. The van der Waals surface area contributed by atoms with Crippen LogP contribution in [0.2, 0.25) is 0 Å². The number of hydrogen-bond donors (Lipinski definition) is 1. The number of nitrogens with one attached hydrogen (secondary N) is 1. The summed E-state index contributed by atoms with van der Waals surface area (Å²) in [6.07, 6.45) is 0.0151. The standard InChI is InChI=1S/C15H17N3O3S/c1-10-6-13(19)17-15(16-10)12-8-18(3-4-21-12)14(20)7-11-2-5-22-9-11/h2,5-6,9,12H,3-4,7-8H2,1H3,(H,16,17,19)/t12-/m1/s1. The van der Waals surface area contributed by atoms with Gasteiger partial charge in [0, 0.05) is 18.3 Å². The monoisotopic (exact) mass is 319 g/mol. The number of H-pyrrole nitrogens is 1. The van der Waals surface area contributed by atoms with E-state index >= 15 is 0 Å². The summed E-state index contributed by atoms with van der Waals surface area (Å²) in [5.41, 5.74) is 1.47. The molecule has 22 heavy (non-hydrogen) atoms. The maximum Gasteiger partial charge on any atom is 0.251 e. The molecule has 3 heterocycles. The molecule has 1 N–H and O–H groups in total. The van der Waals surface area contributed by atoms with Gasteiger partial charge in [0.05, 0.1) is 19.6 Å². The van der Waals surface area contributed by atoms with Crippen molar-refractivity contribution in [3.05, 3.63) is 50.3 Å². The van der Waals surface area contributed by atoms with Gasteiger partial charge in [0.25, 0.3) is 5.56 Å². The maximum absolute atomic E-state index is 12.4. The molecule has 0 bridgehead atoms. The van der Waals surface area contributed by atoms with Crippen LogP contribution in [0.15, 0.2) is 27.7 Å². The molecule has 2 aromatic heterocycles. The van der Waals surface area contributed by atoms with E-state index in [1.807, 2.05) is 16.8 Å². The first-order valence-electron chi connectivity index (χ1n) is 7.10. The van der Waals surface area contributed by atoms with Gasteiger partial charge >= 0.3 is 0 Å². The van der Waals surface area contributed by atoms with Crippen LogP contribution < -0.4 is 5.56 Å². The van der Waals surface area contributed by atoms with E-state index < -0.39 is 0 Å². The molecule has 0 radical (unpaired) electrons. The van der Waals surface area contributed by atoms with Crippen LogP contribution in [-0.2, 0) is 16.0 Å². The third-order valence-electron chi connectivity index (χ3n) is 3.55. The number of hydrogen-bond acceptors (Lipinski definition) is 5. The van der Waals surface area contributed by atoms with Gasteiger partial charge in [-0.3, -0.25) is 9.59 Å². The predicted molar refractivity (Wildman–Crippen MR) is 82.9 cm³/mol. The van der Waals surface area contributed by atoms with Gasteiger partial charge in [0.2, 0.25) is 5.91 Å². The molecule has 1 fully saturated rings. The van der Waals surface area contributed by atoms with E-state index in [2.05, 4.69) is 9.97 Å².